The number of amides is 2. The normalized spacial score (nSPS) is 14.9. The van der Waals surface area contributed by atoms with E-state index in [1.54, 1.807) is 0 Å². The number of hydrazine groups is 1. The highest BCUT2D eigenvalue weighted by molar-refractivity contribution is 5.82. The topological polar surface area (TPSA) is 112 Å². The summed E-state index contributed by atoms with van der Waals surface area (Å²) in [4.78, 5) is 23.6. The highest BCUT2D eigenvalue weighted by Gasteiger charge is 2.13. The third-order valence-corrected chi connectivity index (χ3v) is 5.01. The molecule has 2 amide bonds. The van der Waals surface area contributed by atoms with E-state index in [0.29, 0.717) is 12.1 Å². The second-order valence-corrected chi connectivity index (χ2v) is 7.52. The molecule has 8 nitrogen and oxygen atoms in total. The zero-order chi connectivity index (χ0) is 24.1. The number of allylic oxidation sites excluding steroid dienone is 3. The summed E-state index contributed by atoms with van der Waals surface area (Å²) in [6.45, 7) is 8.04. The quantitative estimate of drug-likeness (QED) is 0.208. The molecular weight excluding hydrogens is 416 g/mol. The Bertz CT molecular complexity index is 934. The molecule has 1 aliphatic heterocycles. The Morgan fingerprint density at radius 2 is 1.94 bits per heavy atom. The largest absolute Gasteiger partial charge is 0.362 e. The minimum Gasteiger partial charge on any atom is -0.362 e. The van der Waals surface area contributed by atoms with Gasteiger partial charge >= 0.3 is 0 Å². The van der Waals surface area contributed by atoms with Crippen LogP contribution in [0.25, 0.3) is 5.70 Å². The molecule has 0 spiro atoms. The lowest BCUT2D eigenvalue weighted by Crippen LogP contribution is -2.48. The summed E-state index contributed by atoms with van der Waals surface area (Å²) < 4.78 is 0. The Hall–Kier alpha value is -3.38. The van der Waals surface area contributed by atoms with Crippen LogP contribution in [-0.4, -0.2) is 49.7 Å². The summed E-state index contributed by atoms with van der Waals surface area (Å²) in [5.41, 5.74) is 11.9. The van der Waals surface area contributed by atoms with Gasteiger partial charge in [0.25, 0.3) is 5.91 Å². The molecule has 1 heterocycles. The van der Waals surface area contributed by atoms with Crippen molar-refractivity contribution < 1.29 is 9.59 Å². The van der Waals surface area contributed by atoms with E-state index in [2.05, 4.69) is 44.8 Å². The fraction of sp³-hybridized carbons (Fsp3) is 0.360. The molecule has 1 unspecified atom stereocenters. The average molecular weight is 451 g/mol. The number of hydrogen-bond donors (Lipinski definition) is 5. The Morgan fingerprint density at radius 1 is 1.24 bits per heavy atom. The predicted molar refractivity (Wildman–Crippen MR) is 132 cm³/mol. The van der Waals surface area contributed by atoms with Gasteiger partial charge < -0.3 is 21.7 Å². The number of nitrogens with two attached hydrogens (primary N) is 1. The first kappa shape index (κ1) is 25.9. The van der Waals surface area contributed by atoms with E-state index in [0.717, 1.165) is 29.9 Å². The Morgan fingerprint density at radius 3 is 2.58 bits per heavy atom. The third kappa shape index (κ3) is 9.33. The van der Waals surface area contributed by atoms with Gasteiger partial charge in [-0.2, -0.15) is 0 Å². The van der Waals surface area contributed by atoms with Crippen molar-refractivity contribution in [2.75, 3.05) is 26.7 Å². The molecule has 0 radical (unpaired) electrons. The van der Waals surface area contributed by atoms with Crippen LogP contribution in [-0.2, 0) is 9.59 Å². The number of likely N-dealkylation sites (N-methyl/N-ethyl adjacent to an activating group) is 1. The van der Waals surface area contributed by atoms with Crippen molar-refractivity contribution in [3.63, 3.8) is 0 Å². The van der Waals surface area contributed by atoms with Crippen molar-refractivity contribution >= 4 is 17.5 Å². The van der Waals surface area contributed by atoms with Gasteiger partial charge in [-0.05, 0) is 43.5 Å². The molecule has 1 atom stereocenters. The Labute approximate surface area is 196 Å². The van der Waals surface area contributed by atoms with E-state index < -0.39 is 6.17 Å². The molecular formula is C25H34N6O2. The first-order valence-corrected chi connectivity index (χ1v) is 11.1. The molecule has 6 N–H and O–H groups in total. The van der Waals surface area contributed by atoms with Gasteiger partial charge in [-0.15, -0.1) is 0 Å². The number of carbonyl (C=O) groups is 2. The van der Waals surface area contributed by atoms with Gasteiger partial charge in [0.05, 0.1) is 6.54 Å². The summed E-state index contributed by atoms with van der Waals surface area (Å²) in [6, 6.07) is 7.51. The molecule has 1 aliphatic rings. The number of nitrogens with zero attached hydrogens (tertiary/aromatic N) is 1. The summed E-state index contributed by atoms with van der Waals surface area (Å²) in [6.07, 6.45) is 7.66. The van der Waals surface area contributed by atoms with Crippen LogP contribution in [0.15, 0.2) is 54.8 Å². The highest BCUT2D eigenvalue weighted by atomic mass is 16.2. The van der Waals surface area contributed by atoms with Crippen molar-refractivity contribution in [3.8, 4) is 11.8 Å². The monoisotopic (exact) mass is 450 g/mol. The van der Waals surface area contributed by atoms with Crippen molar-refractivity contribution in [1.82, 2.24) is 26.4 Å². The number of benzene rings is 1. The SMILES string of the molecule is C=C(NC(N)C(=O)NC)c1ccc(C#CC/C=C\C(=C/C)NC(=O)CNN2CCCC2)cc1. The average Bonchev–Trinajstić information content (AvgIpc) is 3.35. The maximum atomic E-state index is 12.1. The third-order valence-electron chi connectivity index (χ3n) is 5.01. The fourth-order valence-electron chi connectivity index (χ4n) is 3.12. The maximum Gasteiger partial charge on any atom is 0.257 e. The Balaban J connectivity index is 1.77. The van der Waals surface area contributed by atoms with E-state index in [1.807, 2.05) is 49.4 Å². The van der Waals surface area contributed by atoms with E-state index in [1.165, 1.54) is 19.9 Å². The Kier molecular flexibility index (Phi) is 10.9. The lowest BCUT2D eigenvalue weighted by atomic mass is 10.1. The van der Waals surface area contributed by atoms with Crippen LogP contribution in [0, 0.1) is 11.8 Å². The summed E-state index contributed by atoms with van der Waals surface area (Å²) >= 11 is 0. The maximum absolute atomic E-state index is 12.1. The lowest BCUT2D eigenvalue weighted by Gasteiger charge is -2.16. The number of rotatable bonds is 10. The molecule has 0 bridgehead atoms. The standard InChI is InChI=1S/C25H34N6O2/c1-4-22(30-23(32)18-28-31-16-8-9-17-31)11-7-5-6-10-20-12-14-21(15-13-20)19(2)29-24(26)25(33)27-3/h4,7,11-15,24,28-29H,2,5,8-9,16-18,26H2,1,3H3,(H,27,33)(H,30,32)/b11-7-,22-4+. The van der Waals surface area contributed by atoms with Crippen molar-refractivity contribution in [2.45, 2.75) is 32.4 Å². The first-order chi connectivity index (χ1) is 15.9. The number of hydrogen-bond acceptors (Lipinski definition) is 6. The van der Waals surface area contributed by atoms with E-state index in [9.17, 15) is 9.59 Å². The molecule has 176 valence electrons. The van der Waals surface area contributed by atoms with Crippen LogP contribution >= 0.6 is 0 Å². The highest BCUT2D eigenvalue weighted by Crippen LogP contribution is 2.11. The smallest absolute Gasteiger partial charge is 0.257 e. The molecule has 1 aromatic rings. The molecule has 8 heteroatoms. The van der Waals surface area contributed by atoms with Gasteiger partial charge in [-0.3, -0.25) is 9.59 Å². The molecule has 2 rings (SSSR count). The molecule has 0 aromatic heterocycles. The van der Waals surface area contributed by atoms with Crippen LogP contribution in [0.4, 0.5) is 0 Å². The first-order valence-electron chi connectivity index (χ1n) is 11.1. The van der Waals surface area contributed by atoms with E-state index >= 15 is 0 Å². The molecule has 0 saturated carbocycles. The summed E-state index contributed by atoms with van der Waals surface area (Å²) in [7, 11) is 1.53. The molecule has 1 saturated heterocycles. The number of nitrogens with one attached hydrogen (secondary N) is 4. The van der Waals surface area contributed by atoms with E-state index in [4.69, 9.17) is 5.73 Å². The van der Waals surface area contributed by atoms with Gasteiger partial charge in [-0.1, -0.05) is 42.7 Å². The van der Waals surface area contributed by atoms with Crippen LogP contribution in [0.3, 0.4) is 0 Å². The molecule has 33 heavy (non-hydrogen) atoms. The van der Waals surface area contributed by atoms with E-state index in [-0.39, 0.29) is 18.4 Å². The zero-order valence-corrected chi connectivity index (χ0v) is 19.4. The van der Waals surface area contributed by atoms with Gasteiger partial charge in [-0.25, -0.2) is 10.4 Å². The summed E-state index contributed by atoms with van der Waals surface area (Å²) in [5, 5.41) is 10.3. The minimum absolute atomic E-state index is 0.0711. The van der Waals surface area contributed by atoms with Crippen LogP contribution in [0.5, 0.6) is 0 Å². The van der Waals surface area contributed by atoms with Gasteiger partial charge in [0.1, 0.15) is 0 Å². The van der Waals surface area contributed by atoms with Crippen molar-refractivity contribution in [3.05, 3.63) is 65.9 Å². The van der Waals surface area contributed by atoms with Gasteiger partial charge in [0.15, 0.2) is 6.17 Å². The second-order valence-electron chi connectivity index (χ2n) is 7.52. The second kappa shape index (κ2) is 13.9. The van der Waals surface area contributed by atoms with Crippen LogP contribution in [0.1, 0.15) is 37.3 Å². The van der Waals surface area contributed by atoms with Crippen LogP contribution < -0.4 is 27.1 Å². The van der Waals surface area contributed by atoms with Crippen LogP contribution in [0.2, 0.25) is 0 Å². The molecule has 1 aromatic carbocycles. The molecule has 1 fully saturated rings. The number of carbonyl (C=O) groups excluding carboxylic acids is 2. The fourth-order valence-corrected chi connectivity index (χ4v) is 3.12. The van der Waals surface area contributed by atoms with Crippen molar-refractivity contribution in [1.29, 1.82) is 0 Å². The van der Waals surface area contributed by atoms with Gasteiger partial charge in [0.2, 0.25) is 5.91 Å². The predicted octanol–water partition coefficient (Wildman–Crippen LogP) is 1.20. The zero-order valence-electron chi connectivity index (χ0n) is 19.4. The lowest BCUT2D eigenvalue weighted by molar-refractivity contribution is -0.122. The minimum atomic E-state index is -0.859. The molecule has 0 aliphatic carbocycles. The van der Waals surface area contributed by atoms with Gasteiger partial charge in [0, 0.05) is 43.5 Å². The van der Waals surface area contributed by atoms with Crippen molar-refractivity contribution in [2.24, 2.45) is 5.73 Å². The summed E-state index contributed by atoms with van der Waals surface area (Å²) in [5.74, 6) is 5.81.